The third kappa shape index (κ3) is 4.15. The van der Waals surface area contributed by atoms with Crippen LogP contribution >= 0.6 is 22.7 Å². The Balaban J connectivity index is 1.48. The first-order valence-corrected chi connectivity index (χ1v) is 11.4. The molecule has 0 bridgehead atoms. The highest BCUT2D eigenvalue weighted by molar-refractivity contribution is 7.18. The predicted octanol–water partition coefficient (Wildman–Crippen LogP) is 2.35. The van der Waals surface area contributed by atoms with Crippen molar-refractivity contribution in [3.05, 3.63) is 61.8 Å². The molecule has 3 N–H and O–H groups in total. The van der Waals surface area contributed by atoms with Crippen molar-refractivity contribution in [1.82, 2.24) is 35.3 Å². The summed E-state index contributed by atoms with van der Waals surface area (Å²) in [5, 5.41) is 25.5. The average molecular weight is 484 g/mol. The van der Waals surface area contributed by atoms with Crippen LogP contribution in [0.1, 0.15) is 34.6 Å². The molecule has 1 atom stereocenters. The topological polar surface area (TPSA) is 152 Å². The zero-order valence-corrected chi connectivity index (χ0v) is 19.0. The van der Waals surface area contributed by atoms with E-state index >= 15 is 0 Å². The van der Waals surface area contributed by atoms with Gasteiger partial charge in [0.1, 0.15) is 5.01 Å². The number of aryl methyl sites for hydroxylation is 1. The summed E-state index contributed by atoms with van der Waals surface area (Å²) in [7, 11) is 1.88. The van der Waals surface area contributed by atoms with Gasteiger partial charge in [0.15, 0.2) is 6.04 Å². The average Bonchev–Trinajstić information content (AvgIpc) is 3.54. The number of rotatable bonds is 6. The highest BCUT2D eigenvalue weighted by Gasteiger charge is 2.26. The van der Waals surface area contributed by atoms with Gasteiger partial charge >= 0.3 is 4.87 Å². The lowest BCUT2D eigenvalue weighted by atomic mass is 10.1. The highest BCUT2D eigenvalue weighted by atomic mass is 32.1. The molecule has 0 spiro atoms. The summed E-state index contributed by atoms with van der Waals surface area (Å²) in [5.74, 6) is -0.145. The fraction of sp³-hybridized carbons (Fsp3) is 0.200. The van der Waals surface area contributed by atoms with Crippen LogP contribution in [0.5, 0.6) is 5.88 Å². The van der Waals surface area contributed by atoms with Crippen molar-refractivity contribution < 1.29 is 14.3 Å². The zero-order chi connectivity index (χ0) is 23.1. The normalized spacial score (nSPS) is 12.3. The predicted molar refractivity (Wildman–Crippen MR) is 121 cm³/mol. The Labute approximate surface area is 193 Å². The minimum Gasteiger partial charge on any atom is -0.494 e. The van der Waals surface area contributed by atoms with Crippen LogP contribution in [0.2, 0.25) is 0 Å². The van der Waals surface area contributed by atoms with Crippen LogP contribution in [0.25, 0.3) is 21.5 Å². The molecule has 4 aromatic heterocycles. The van der Waals surface area contributed by atoms with Gasteiger partial charge in [-0.05, 0) is 18.2 Å². The van der Waals surface area contributed by atoms with Crippen molar-refractivity contribution in [2.45, 2.75) is 19.4 Å². The van der Waals surface area contributed by atoms with Crippen molar-refractivity contribution in [3.8, 4) is 17.1 Å². The summed E-state index contributed by atoms with van der Waals surface area (Å²) in [6.45, 7) is 1.40. The van der Waals surface area contributed by atoms with Gasteiger partial charge in [0.25, 0.3) is 0 Å². The van der Waals surface area contributed by atoms with Gasteiger partial charge in [-0.15, -0.1) is 21.5 Å². The van der Waals surface area contributed by atoms with E-state index in [0.29, 0.717) is 9.88 Å². The number of nitrogens with zero attached hydrogens (tertiary/aromatic N) is 5. The van der Waals surface area contributed by atoms with E-state index in [-0.39, 0.29) is 34.9 Å². The van der Waals surface area contributed by atoms with Crippen molar-refractivity contribution in [2.24, 2.45) is 7.05 Å². The maximum absolute atomic E-state index is 11.9. The van der Waals surface area contributed by atoms with Crippen LogP contribution in [-0.4, -0.2) is 41.0 Å². The number of hydrogen-bond donors (Lipinski definition) is 3. The molecule has 0 fully saturated rings. The molecular weight excluding hydrogens is 466 g/mol. The molecule has 1 aromatic carbocycles. The highest BCUT2D eigenvalue weighted by Crippen LogP contribution is 2.33. The maximum Gasteiger partial charge on any atom is 0.307 e. The molecule has 11 nitrogen and oxygen atoms in total. The number of carbonyl (C=O) groups is 1. The first-order valence-electron chi connectivity index (χ1n) is 9.76. The lowest BCUT2D eigenvalue weighted by Gasteiger charge is -2.10. The Bertz CT molecular complexity index is 1530. The number of H-pyrrole nitrogens is 1. The molecule has 33 heavy (non-hydrogen) atoms. The molecule has 1 amide bonds. The molecule has 0 aliphatic carbocycles. The number of carbonyl (C=O) groups excluding carboxylic acids is 1. The Morgan fingerprint density at radius 2 is 2.15 bits per heavy atom. The standard InChI is InChI=1S/C20H17N7O4S2/c1-9(28)22-16(18-26-25-15(31-18)8-14-17(29)24-20(30)33-14)19-23-11-4-3-10(7-13(11)32-19)12-5-6-21-27(12)2/h3-7,16,29H,8H2,1-2H3,(H,22,28)(H,24,30). The van der Waals surface area contributed by atoms with E-state index in [1.54, 1.807) is 10.9 Å². The second-order valence-electron chi connectivity index (χ2n) is 7.21. The molecular formula is C20H17N7O4S2. The van der Waals surface area contributed by atoms with Gasteiger partial charge in [0.05, 0.1) is 27.2 Å². The van der Waals surface area contributed by atoms with E-state index < -0.39 is 6.04 Å². The third-order valence-corrected chi connectivity index (χ3v) is 6.81. The summed E-state index contributed by atoms with van der Waals surface area (Å²) in [4.78, 5) is 30.3. The van der Waals surface area contributed by atoms with Gasteiger partial charge in [-0.2, -0.15) is 5.10 Å². The maximum atomic E-state index is 11.9. The largest absolute Gasteiger partial charge is 0.494 e. The van der Waals surface area contributed by atoms with Gasteiger partial charge in [-0.1, -0.05) is 17.4 Å². The molecule has 0 saturated heterocycles. The van der Waals surface area contributed by atoms with Crippen LogP contribution in [0.4, 0.5) is 0 Å². The number of nitrogens with one attached hydrogen (secondary N) is 2. The molecule has 4 heterocycles. The molecule has 0 saturated carbocycles. The quantitative estimate of drug-likeness (QED) is 0.333. The summed E-state index contributed by atoms with van der Waals surface area (Å²) in [6, 6.07) is 7.10. The van der Waals surface area contributed by atoms with Crippen LogP contribution in [0.15, 0.2) is 39.7 Å². The molecule has 1 unspecified atom stereocenters. The van der Waals surface area contributed by atoms with E-state index in [0.717, 1.165) is 32.8 Å². The second kappa shape index (κ2) is 8.26. The van der Waals surface area contributed by atoms with Gasteiger partial charge < -0.3 is 14.8 Å². The minimum absolute atomic E-state index is 0.0862. The molecule has 0 aliphatic heterocycles. The Kier molecular flexibility index (Phi) is 5.26. The summed E-state index contributed by atoms with van der Waals surface area (Å²) < 4.78 is 8.49. The Morgan fingerprint density at radius 1 is 1.30 bits per heavy atom. The summed E-state index contributed by atoms with van der Waals surface area (Å²) >= 11 is 2.27. The first kappa shape index (κ1) is 21.0. The third-order valence-electron chi connectivity index (χ3n) is 4.86. The van der Waals surface area contributed by atoms with E-state index in [2.05, 4.69) is 30.6 Å². The van der Waals surface area contributed by atoms with Crippen molar-refractivity contribution in [3.63, 3.8) is 0 Å². The molecule has 5 aromatic rings. The number of hydrogen-bond acceptors (Lipinski definition) is 10. The molecule has 168 valence electrons. The minimum atomic E-state index is -0.736. The lowest BCUT2D eigenvalue weighted by Crippen LogP contribution is -2.27. The SMILES string of the molecule is CC(=O)NC(c1nnc(Cc2sc(=O)[nH]c2O)o1)c1nc2ccc(-c3ccnn3C)cc2s1. The van der Waals surface area contributed by atoms with Crippen LogP contribution < -0.4 is 10.2 Å². The van der Waals surface area contributed by atoms with E-state index in [9.17, 15) is 14.7 Å². The van der Waals surface area contributed by atoms with Crippen molar-refractivity contribution in [1.29, 1.82) is 0 Å². The van der Waals surface area contributed by atoms with E-state index in [1.165, 1.54) is 18.3 Å². The Hall–Kier alpha value is -3.84. The number of fused-ring (bicyclic) bond motifs is 1. The molecule has 13 heteroatoms. The number of amides is 1. The van der Waals surface area contributed by atoms with E-state index in [4.69, 9.17) is 4.42 Å². The zero-order valence-electron chi connectivity index (χ0n) is 17.4. The molecule has 5 rings (SSSR count). The van der Waals surface area contributed by atoms with Gasteiger partial charge in [-0.25, -0.2) is 4.98 Å². The lowest BCUT2D eigenvalue weighted by molar-refractivity contribution is -0.119. The van der Waals surface area contributed by atoms with Crippen molar-refractivity contribution in [2.75, 3.05) is 0 Å². The smallest absolute Gasteiger partial charge is 0.307 e. The fourth-order valence-electron chi connectivity index (χ4n) is 3.38. The summed E-state index contributed by atoms with van der Waals surface area (Å²) in [6.07, 6.45) is 1.83. The fourth-order valence-corrected chi connectivity index (χ4v) is 5.14. The monoisotopic (exact) mass is 483 g/mol. The second-order valence-corrected chi connectivity index (χ2v) is 9.34. The van der Waals surface area contributed by atoms with Gasteiger partial charge in [-0.3, -0.25) is 19.3 Å². The van der Waals surface area contributed by atoms with E-state index in [1.807, 2.05) is 31.3 Å². The Morgan fingerprint density at radius 3 is 2.85 bits per heavy atom. The van der Waals surface area contributed by atoms with Crippen LogP contribution in [0.3, 0.4) is 0 Å². The first-order chi connectivity index (χ1) is 15.9. The number of benzene rings is 1. The number of aromatic nitrogens is 6. The molecule has 0 radical (unpaired) electrons. The van der Waals surface area contributed by atoms with Crippen LogP contribution in [0, 0.1) is 0 Å². The van der Waals surface area contributed by atoms with Gasteiger partial charge in [0.2, 0.25) is 23.6 Å². The number of aromatic amines is 1. The van der Waals surface area contributed by atoms with Crippen molar-refractivity contribution >= 4 is 38.8 Å². The molecule has 0 aliphatic rings. The summed E-state index contributed by atoms with van der Waals surface area (Å²) in [5.41, 5.74) is 2.75. The number of aromatic hydroxyl groups is 1. The number of thiazole rings is 2. The van der Waals surface area contributed by atoms with Crippen LogP contribution in [-0.2, 0) is 18.3 Å². The van der Waals surface area contributed by atoms with Gasteiger partial charge in [0, 0.05) is 25.7 Å².